The van der Waals surface area contributed by atoms with Crippen LogP contribution in [0.25, 0.3) is 0 Å². The van der Waals surface area contributed by atoms with Crippen LogP contribution in [0.15, 0.2) is 35.3 Å². The zero-order valence-electron chi connectivity index (χ0n) is 15.1. The predicted molar refractivity (Wildman–Crippen MR) is 95.3 cm³/mol. The Morgan fingerprint density at radius 3 is 2.44 bits per heavy atom. The molecule has 6 heteroatoms. The first-order valence-corrected chi connectivity index (χ1v) is 8.67. The van der Waals surface area contributed by atoms with Crippen molar-refractivity contribution in [2.24, 2.45) is 4.99 Å². The molecular formula is C19H25N3O3. The summed E-state index contributed by atoms with van der Waals surface area (Å²) < 4.78 is 5.41. The van der Waals surface area contributed by atoms with E-state index in [0.717, 1.165) is 5.56 Å². The van der Waals surface area contributed by atoms with Gasteiger partial charge in [-0.3, -0.25) is 14.7 Å². The Bertz CT molecular complexity index is 671. The third-order valence-electron chi connectivity index (χ3n) is 4.54. The first-order chi connectivity index (χ1) is 11.8. The van der Waals surface area contributed by atoms with Crippen molar-refractivity contribution in [2.45, 2.75) is 51.3 Å². The Labute approximate surface area is 148 Å². The van der Waals surface area contributed by atoms with Crippen molar-refractivity contribution in [3.63, 3.8) is 0 Å². The molecule has 2 aliphatic heterocycles. The minimum atomic E-state index is -0.715. The van der Waals surface area contributed by atoms with E-state index < -0.39 is 11.1 Å². The van der Waals surface area contributed by atoms with Crippen LogP contribution in [0.2, 0.25) is 0 Å². The van der Waals surface area contributed by atoms with Gasteiger partial charge in [-0.05, 0) is 39.2 Å². The molecule has 1 aromatic rings. The maximum absolute atomic E-state index is 12.9. The Morgan fingerprint density at radius 2 is 1.84 bits per heavy atom. The summed E-state index contributed by atoms with van der Waals surface area (Å²) in [7, 11) is 0. The molecule has 0 N–H and O–H groups in total. The summed E-state index contributed by atoms with van der Waals surface area (Å²) in [4.78, 5) is 32.9. The Hall–Kier alpha value is -2.37. The summed E-state index contributed by atoms with van der Waals surface area (Å²) in [5, 5.41) is 0. The van der Waals surface area contributed by atoms with Crippen LogP contribution < -0.4 is 0 Å². The SMILES string of the molecule is CC(C)(C)OC(=O)N1CCC2(CC1)N=CN(Cc1ccccc1)C2=O. The molecule has 0 unspecified atom stereocenters. The van der Waals surface area contributed by atoms with E-state index in [1.165, 1.54) is 0 Å². The van der Waals surface area contributed by atoms with E-state index in [1.807, 2.05) is 51.1 Å². The average molecular weight is 343 g/mol. The molecule has 134 valence electrons. The van der Waals surface area contributed by atoms with Gasteiger partial charge in [-0.1, -0.05) is 30.3 Å². The second-order valence-corrected chi connectivity index (χ2v) is 7.66. The fourth-order valence-electron chi connectivity index (χ4n) is 3.18. The van der Waals surface area contributed by atoms with Crippen LogP contribution in [-0.2, 0) is 16.1 Å². The van der Waals surface area contributed by atoms with E-state index in [4.69, 9.17) is 4.74 Å². The van der Waals surface area contributed by atoms with Gasteiger partial charge in [-0.2, -0.15) is 0 Å². The van der Waals surface area contributed by atoms with Gasteiger partial charge in [0, 0.05) is 13.1 Å². The highest BCUT2D eigenvalue weighted by atomic mass is 16.6. The zero-order valence-corrected chi connectivity index (χ0v) is 15.1. The molecular weight excluding hydrogens is 318 g/mol. The van der Waals surface area contributed by atoms with E-state index in [9.17, 15) is 9.59 Å². The first kappa shape index (κ1) is 17.5. The molecule has 0 atom stereocenters. The normalized spacial score (nSPS) is 19.6. The zero-order chi connectivity index (χ0) is 18.1. The lowest BCUT2D eigenvalue weighted by Crippen LogP contribution is -2.51. The smallest absolute Gasteiger partial charge is 0.410 e. The molecule has 0 aliphatic carbocycles. The predicted octanol–water partition coefficient (Wildman–Crippen LogP) is 2.83. The topological polar surface area (TPSA) is 62.2 Å². The quantitative estimate of drug-likeness (QED) is 0.829. The van der Waals surface area contributed by atoms with E-state index in [1.54, 1.807) is 16.1 Å². The van der Waals surface area contributed by atoms with Crippen molar-refractivity contribution in [2.75, 3.05) is 13.1 Å². The highest BCUT2D eigenvalue weighted by molar-refractivity contribution is 6.00. The van der Waals surface area contributed by atoms with Gasteiger partial charge < -0.3 is 9.64 Å². The number of hydrogen-bond donors (Lipinski definition) is 0. The molecule has 0 saturated carbocycles. The van der Waals surface area contributed by atoms with Crippen LogP contribution in [-0.4, -0.2) is 52.4 Å². The summed E-state index contributed by atoms with van der Waals surface area (Å²) in [6, 6.07) is 9.87. The highest BCUT2D eigenvalue weighted by Crippen LogP contribution is 2.33. The molecule has 0 bridgehead atoms. The lowest BCUT2D eigenvalue weighted by atomic mass is 9.87. The Morgan fingerprint density at radius 1 is 1.20 bits per heavy atom. The lowest BCUT2D eigenvalue weighted by molar-refractivity contribution is -0.133. The van der Waals surface area contributed by atoms with Gasteiger partial charge in [-0.15, -0.1) is 0 Å². The molecule has 25 heavy (non-hydrogen) atoms. The molecule has 0 aromatic heterocycles. The third-order valence-corrected chi connectivity index (χ3v) is 4.54. The number of piperidine rings is 1. The molecule has 1 saturated heterocycles. The molecule has 6 nitrogen and oxygen atoms in total. The summed E-state index contributed by atoms with van der Waals surface area (Å²) in [5.41, 5.74) is -0.154. The van der Waals surface area contributed by atoms with Crippen molar-refractivity contribution in [1.29, 1.82) is 0 Å². The number of hydrogen-bond acceptors (Lipinski definition) is 4. The second-order valence-electron chi connectivity index (χ2n) is 7.66. The maximum atomic E-state index is 12.9. The molecule has 2 aliphatic rings. The fourth-order valence-corrected chi connectivity index (χ4v) is 3.18. The third kappa shape index (κ3) is 3.83. The van der Waals surface area contributed by atoms with E-state index >= 15 is 0 Å². The van der Waals surface area contributed by atoms with Gasteiger partial charge in [-0.25, -0.2) is 4.79 Å². The Kier molecular flexibility index (Phi) is 4.54. The molecule has 3 rings (SSSR count). The minimum absolute atomic E-state index is 0.0280. The van der Waals surface area contributed by atoms with Crippen LogP contribution in [0.1, 0.15) is 39.2 Å². The summed E-state index contributed by atoms with van der Waals surface area (Å²) in [5.74, 6) is 0.0280. The van der Waals surface area contributed by atoms with Crippen molar-refractivity contribution >= 4 is 18.3 Å². The van der Waals surface area contributed by atoms with Gasteiger partial charge in [0.25, 0.3) is 5.91 Å². The molecule has 1 fully saturated rings. The monoisotopic (exact) mass is 343 g/mol. The standard InChI is InChI=1S/C19H25N3O3/c1-18(2,3)25-17(24)21-11-9-19(10-12-21)16(23)22(14-20-19)13-15-7-5-4-6-8-15/h4-8,14H,9-13H2,1-3H3. The van der Waals surface area contributed by atoms with Crippen LogP contribution >= 0.6 is 0 Å². The number of likely N-dealkylation sites (tertiary alicyclic amines) is 1. The minimum Gasteiger partial charge on any atom is -0.444 e. The molecule has 0 radical (unpaired) electrons. The fraction of sp³-hybridized carbons (Fsp3) is 0.526. The maximum Gasteiger partial charge on any atom is 0.410 e. The molecule has 1 spiro atoms. The summed E-state index contributed by atoms with van der Waals surface area (Å²) in [6.07, 6.45) is 2.40. The van der Waals surface area contributed by atoms with Gasteiger partial charge >= 0.3 is 6.09 Å². The van der Waals surface area contributed by atoms with Gasteiger partial charge in [0.05, 0.1) is 12.9 Å². The number of carbonyl (C=O) groups excluding carboxylic acids is 2. The van der Waals surface area contributed by atoms with Crippen molar-refractivity contribution in [1.82, 2.24) is 9.80 Å². The average Bonchev–Trinajstić information content (AvgIpc) is 2.85. The van der Waals surface area contributed by atoms with Crippen molar-refractivity contribution < 1.29 is 14.3 Å². The van der Waals surface area contributed by atoms with E-state index in [2.05, 4.69) is 4.99 Å². The van der Waals surface area contributed by atoms with Crippen LogP contribution in [0.3, 0.4) is 0 Å². The number of rotatable bonds is 2. The number of carbonyl (C=O) groups is 2. The van der Waals surface area contributed by atoms with E-state index in [0.29, 0.717) is 32.5 Å². The summed E-state index contributed by atoms with van der Waals surface area (Å²) in [6.45, 7) is 7.04. The van der Waals surface area contributed by atoms with Crippen molar-refractivity contribution in [3.8, 4) is 0 Å². The van der Waals surface area contributed by atoms with Crippen LogP contribution in [0.4, 0.5) is 4.79 Å². The molecule has 2 heterocycles. The number of ether oxygens (including phenoxy) is 1. The Balaban J connectivity index is 1.59. The van der Waals surface area contributed by atoms with Crippen LogP contribution in [0.5, 0.6) is 0 Å². The summed E-state index contributed by atoms with van der Waals surface area (Å²) >= 11 is 0. The number of benzene rings is 1. The molecule has 2 amide bonds. The highest BCUT2D eigenvalue weighted by Gasteiger charge is 2.47. The largest absolute Gasteiger partial charge is 0.444 e. The van der Waals surface area contributed by atoms with Gasteiger partial charge in [0.15, 0.2) is 0 Å². The number of amides is 2. The lowest BCUT2D eigenvalue weighted by Gasteiger charge is -2.37. The molecule has 1 aromatic carbocycles. The number of aliphatic imine (C=N–C) groups is 1. The van der Waals surface area contributed by atoms with Gasteiger partial charge in [0.1, 0.15) is 11.1 Å². The first-order valence-electron chi connectivity index (χ1n) is 8.67. The van der Waals surface area contributed by atoms with E-state index in [-0.39, 0.29) is 12.0 Å². The second kappa shape index (κ2) is 6.50. The van der Waals surface area contributed by atoms with Gasteiger partial charge in [0.2, 0.25) is 0 Å². The van der Waals surface area contributed by atoms with Crippen LogP contribution in [0, 0.1) is 0 Å². The van der Waals surface area contributed by atoms with Crippen molar-refractivity contribution in [3.05, 3.63) is 35.9 Å². The number of nitrogens with zero attached hydrogens (tertiary/aromatic N) is 3.